The molecule has 0 aromatic carbocycles. The Hall–Kier alpha value is -2.91. The van der Waals surface area contributed by atoms with Crippen LogP contribution in [0.25, 0.3) is 22.3 Å². The summed E-state index contributed by atoms with van der Waals surface area (Å²) in [6, 6.07) is 0. The van der Waals surface area contributed by atoms with E-state index in [0.717, 1.165) is 10.9 Å². The maximum atomic E-state index is 15.1. The van der Waals surface area contributed by atoms with Gasteiger partial charge in [0.25, 0.3) is 0 Å². The molecule has 46 heavy (non-hydrogen) atoms. The van der Waals surface area contributed by atoms with Crippen molar-refractivity contribution in [2.24, 2.45) is 5.92 Å². The minimum Gasteiger partial charge on any atom is -0.382 e. The van der Waals surface area contributed by atoms with Crippen molar-refractivity contribution in [1.29, 1.82) is 0 Å². The van der Waals surface area contributed by atoms with Crippen LogP contribution in [-0.4, -0.2) is 81.6 Å². The highest BCUT2D eigenvalue weighted by Gasteiger charge is 2.50. The number of aromatic amines is 1. The maximum Gasteiger partial charge on any atom is 0.386 e. The molecule has 4 aromatic heterocycles. The molecule has 2 fully saturated rings. The molecule has 0 radical (unpaired) electrons. The number of alkyl halides is 1. The largest absolute Gasteiger partial charge is 0.386 e. The van der Waals surface area contributed by atoms with Gasteiger partial charge in [0.05, 0.1) is 31.7 Å². The van der Waals surface area contributed by atoms with E-state index >= 15 is 4.39 Å². The van der Waals surface area contributed by atoms with Gasteiger partial charge in [-0.15, -0.1) is 6.58 Å². The lowest BCUT2D eigenvalue weighted by Crippen LogP contribution is -2.32. The number of anilines is 2. The highest BCUT2D eigenvalue weighted by molar-refractivity contribution is 8.44. The Bertz CT molecular complexity index is 1940. The number of ether oxygens (including phenoxy) is 2. The van der Waals surface area contributed by atoms with Gasteiger partial charge in [-0.1, -0.05) is 30.6 Å². The molecule has 0 saturated carbocycles. The highest BCUT2D eigenvalue weighted by Crippen LogP contribution is 2.58. The molecule has 0 amide bonds. The zero-order valence-electron chi connectivity index (χ0n) is 23.3. The number of aromatic nitrogens is 8. The number of halogens is 1. The summed E-state index contributed by atoms with van der Waals surface area (Å²) in [5.41, 5.74) is 11.6. The molecule has 4 aromatic rings. The van der Waals surface area contributed by atoms with Gasteiger partial charge >= 0.3 is 19.3 Å². The molecule has 6 heterocycles. The standard InChI is InChI=1S/C22H27FN10O9P2S2/c1-2-10-12(5-38-43(35,36)45)41-21(33-19-14(31-22(33)34)17(25)27-7-29-19)15(10)42-44(37,46)39-4-9-3-11(23)20(40-9)32-8-30-13-16(24)26-6-28-18(13)32/h2,6-12,15,20-21H,1,3-5H2,(H,31,34)(H,37,46)(H2,24,26,28)(H2,25,27,29)(H2,35,36,45)/t9-,10+,11+,12+,15?,20+,21+,44?/m0/s1. The van der Waals surface area contributed by atoms with Crippen LogP contribution in [0.1, 0.15) is 18.9 Å². The Labute approximate surface area is 268 Å². The molecule has 6 N–H and O–H groups in total. The number of rotatable bonds is 11. The highest BCUT2D eigenvalue weighted by atomic mass is 32.7. The Kier molecular flexibility index (Phi) is 9.04. The first-order chi connectivity index (χ1) is 21.8. The third-order valence-corrected chi connectivity index (χ3v) is 9.79. The number of nitrogens with two attached hydrogens (primary N) is 2. The van der Waals surface area contributed by atoms with Crippen molar-refractivity contribution < 1.29 is 41.5 Å². The smallest absolute Gasteiger partial charge is 0.382 e. The normalized spacial score (nSPS) is 29.3. The second-order valence-corrected chi connectivity index (χ2v) is 15.9. The number of nitrogens with one attached hydrogen (secondary N) is 1. The fraction of sp³-hybridized carbons (Fsp3) is 0.455. The predicted octanol–water partition coefficient (Wildman–Crippen LogP) is 1.94. The van der Waals surface area contributed by atoms with Crippen LogP contribution in [0.3, 0.4) is 0 Å². The van der Waals surface area contributed by atoms with E-state index in [1.807, 2.05) is 0 Å². The molecular formula is C22H27FN10O9P2S2. The molecule has 9 atom stereocenters. The number of hydrogen-bond acceptors (Lipinski definition) is 15. The monoisotopic (exact) mass is 720 g/mol. The van der Waals surface area contributed by atoms with E-state index in [-0.39, 0.29) is 40.4 Å². The van der Waals surface area contributed by atoms with Gasteiger partial charge in [-0.25, -0.2) is 47.8 Å². The van der Waals surface area contributed by atoms with E-state index in [0.29, 0.717) is 0 Å². The number of imidazole rings is 2. The molecule has 0 aliphatic carbocycles. The molecule has 2 aliphatic heterocycles. The average molecular weight is 721 g/mol. The lowest BCUT2D eigenvalue weighted by atomic mass is 9.99. The maximum absolute atomic E-state index is 15.1. The summed E-state index contributed by atoms with van der Waals surface area (Å²) in [6.07, 6.45) is -2.40. The number of nitrogens with zero attached hydrogens (tertiary/aromatic N) is 7. The van der Waals surface area contributed by atoms with Crippen LogP contribution < -0.4 is 17.2 Å². The number of thiol groups is 2. The predicted molar refractivity (Wildman–Crippen MR) is 165 cm³/mol. The fourth-order valence-corrected chi connectivity index (χ4v) is 7.38. The first-order valence-electron chi connectivity index (χ1n) is 13.3. The molecule has 2 aliphatic rings. The second kappa shape index (κ2) is 12.6. The van der Waals surface area contributed by atoms with Gasteiger partial charge in [-0.05, 0) is 0 Å². The van der Waals surface area contributed by atoms with Crippen LogP contribution in [0, 0.1) is 5.92 Å². The van der Waals surface area contributed by atoms with Crippen molar-refractivity contribution in [1.82, 2.24) is 39.0 Å². The third-order valence-electron chi connectivity index (χ3n) is 7.34. The van der Waals surface area contributed by atoms with Gasteiger partial charge in [0.15, 0.2) is 35.4 Å². The molecule has 24 heteroatoms. The first-order valence-corrected chi connectivity index (χ1v) is 18.8. The van der Waals surface area contributed by atoms with E-state index < -0.39 is 75.4 Å². The van der Waals surface area contributed by atoms with Gasteiger partial charge < -0.3 is 30.8 Å². The van der Waals surface area contributed by atoms with Crippen LogP contribution in [-0.2, 0) is 32.2 Å². The fourth-order valence-electron chi connectivity index (χ4n) is 5.35. The van der Waals surface area contributed by atoms with Crippen molar-refractivity contribution in [3.63, 3.8) is 0 Å². The quantitative estimate of drug-likeness (QED) is 0.0735. The summed E-state index contributed by atoms with van der Waals surface area (Å²) in [5, 5.41) is 0. The van der Waals surface area contributed by atoms with Crippen molar-refractivity contribution in [2.45, 2.75) is 43.4 Å². The first kappa shape index (κ1) is 33.0. The van der Waals surface area contributed by atoms with Crippen molar-refractivity contribution in [2.75, 3.05) is 24.7 Å². The lowest BCUT2D eigenvalue weighted by Gasteiger charge is -2.26. The summed E-state index contributed by atoms with van der Waals surface area (Å²) < 4.78 is 71.0. The molecule has 3 unspecified atom stereocenters. The Morgan fingerprint density at radius 3 is 2.52 bits per heavy atom. The van der Waals surface area contributed by atoms with Gasteiger partial charge in [-0.3, -0.25) is 18.1 Å². The summed E-state index contributed by atoms with van der Waals surface area (Å²) in [4.78, 5) is 45.2. The Morgan fingerprint density at radius 1 is 1.09 bits per heavy atom. The van der Waals surface area contributed by atoms with Crippen molar-refractivity contribution in [3.8, 4) is 0 Å². The molecular weight excluding hydrogens is 693 g/mol. The Balaban J connectivity index is 1.22. The van der Waals surface area contributed by atoms with E-state index in [2.05, 4.69) is 61.0 Å². The second-order valence-electron chi connectivity index (χ2n) is 10.2. The number of hydrogen-bond donors (Lipinski definition) is 6. The summed E-state index contributed by atoms with van der Waals surface area (Å²) >= 11 is 7.63. The zero-order valence-corrected chi connectivity index (χ0v) is 26.9. The van der Waals surface area contributed by atoms with E-state index in [9.17, 15) is 18.8 Å². The van der Waals surface area contributed by atoms with E-state index in [4.69, 9.17) is 34.5 Å². The van der Waals surface area contributed by atoms with Crippen LogP contribution in [0.2, 0.25) is 0 Å². The van der Waals surface area contributed by atoms with Gasteiger partial charge in [0.2, 0.25) is 0 Å². The summed E-state index contributed by atoms with van der Waals surface area (Å²) in [6.45, 7) is -5.72. The molecule has 6 rings (SSSR count). The number of fused-ring (bicyclic) bond motifs is 2. The van der Waals surface area contributed by atoms with E-state index in [1.165, 1.54) is 23.3 Å². The van der Waals surface area contributed by atoms with Crippen molar-refractivity contribution >= 4 is 72.1 Å². The van der Waals surface area contributed by atoms with Gasteiger partial charge in [0, 0.05) is 12.3 Å². The number of H-pyrrole nitrogens is 1. The molecule has 0 bridgehead atoms. The zero-order chi connectivity index (χ0) is 33.0. The minimum absolute atomic E-state index is 0.0239. The topological polar surface area (TPSA) is 260 Å². The summed E-state index contributed by atoms with van der Waals surface area (Å²) in [5.74, 6) is -0.819. The van der Waals surface area contributed by atoms with Crippen LogP contribution in [0.5, 0.6) is 0 Å². The average Bonchev–Trinajstić information content (AvgIpc) is 3.74. The van der Waals surface area contributed by atoms with Gasteiger partial charge in [0.1, 0.15) is 36.0 Å². The van der Waals surface area contributed by atoms with Gasteiger partial charge in [-0.2, -0.15) is 0 Å². The van der Waals surface area contributed by atoms with E-state index in [1.54, 1.807) is 0 Å². The number of nitrogen functional groups attached to an aromatic ring is 2. The van der Waals surface area contributed by atoms with Crippen LogP contribution in [0.15, 0.2) is 36.4 Å². The minimum atomic E-state index is -4.33. The van der Waals surface area contributed by atoms with Crippen molar-refractivity contribution in [3.05, 3.63) is 42.1 Å². The molecule has 19 nitrogen and oxygen atoms in total. The SMILES string of the molecule is C=C[C@H]1C(OP(=O)(S)OC[C@@H]2C[C@@H](F)[C@H](n3cnc4c(N)ncnc43)O2)[C@H](n2c(=O)[nH]c3c(N)ncnc32)O[C@@H]1COP(=O)(O)S. The van der Waals surface area contributed by atoms with Crippen LogP contribution >= 0.6 is 38.1 Å². The Morgan fingerprint density at radius 2 is 1.80 bits per heavy atom. The molecule has 2 saturated heterocycles. The molecule has 248 valence electrons. The third kappa shape index (κ3) is 6.46. The molecule has 0 spiro atoms. The van der Waals surface area contributed by atoms with Crippen LogP contribution in [0.4, 0.5) is 16.0 Å². The summed E-state index contributed by atoms with van der Waals surface area (Å²) in [7, 11) is 0. The lowest BCUT2D eigenvalue weighted by molar-refractivity contribution is -0.0483.